The van der Waals surface area contributed by atoms with Crippen molar-refractivity contribution in [3.05, 3.63) is 58.4 Å². The largest absolute Gasteiger partial charge is 0.378 e. The highest BCUT2D eigenvalue weighted by Gasteiger charge is 2.25. The molecule has 168 valence electrons. The van der Waals surface area contributed by atoms with Gasteiger partial charge in [-0.25, -0.2) is 8.42 Å². The minimum Gasteiger partial charge on any atom is -0.378 e. The van der Waals surface area contributed by atoms with Crippen molar-refractivity contribution in [2.75, 3.05) is 31.0 Å². The van der Waals surface area contributed by atoms with Gasteiger partial charge in [0, 0.05) is 18.7 Å². The first-order chi connectivity index (χ1) is 15.2. The average Bonchev–Trinajstić information content (AvgIpc) is 3.26. The van der Waals surface area contributed by atoms with Crippen LogP contribution in [0.1, 0.15) is 21.8 Å². The number of rotatable bonds is 5. The molecule has 0 radical (unpaired) electrons. The van der Waals surface area contributed by atoms with Gasteiger partial charge in [-0.3, -0.25) is 9.52 Å². The minimum atomic E-state index is -3.95. The van der Waals surface area contributed by atoms with E-state index in [0.717, 1.165) is 5.56 Å². The van der Waals surface area contributed by atoms with E-state index in [0.29, 0.717) is 42.5 Å². The topological polar surface area (TPSA) is 115 Å². The van der Waals surface area contributed by atoms with E-state index in [2.05, 4.69) is 14.9 Å². The maximum Gasteiger partial charge on any atom is 0.316 e. The van der Waals surface area contributed by atoms with E-state index in [9.17, 15) is 13.2 Å². The van der Waals surface area contributed by atoms with Crippen molar-refractivity contribution in [2.24, 2.45) is 0 Å². The van der Waals surface area contributed by atoms with Crippen LogP contribution in [0.3, 0.4) is 0 Å². The molecule has 0 saturated carbocycles. The second-order valence-electron chi connectivity index (χ2n) is 7.40. The van der Waals surface area contributed by atoms with Crippen LogP contribution in [0.2, 0.25) is 5.02 Å². The Morgan fingerprint density at radius 3 is 2.59 bits per heavy atom. The van der Waals surface area contributed by atoms with Gasteiger partial charge in [0.15, 0.2) is 0 Å². The van der Waals surface area contributed by atoms with Crippen molar-refractivity contribution in [2.45, 2.75) is 18.7 Å². The quantitative estimate of drug-likeness (QED) is 0.600. The molecule has 32 heavy (non-hydrogen) atoms. The molecule has 1 fully saturated rings. The van der Waals surface area contributed by atoms with Crippen LogP contribution in [0.15, 0.2) is 45.8 Å². The number of sulfonamides is 1. The van der Waals surface area contributed by atoms with Crippen molar-refractivity contribution in [3.63, 3.8) is 0 Å². The summed E-state index contributed by atoms with van der Waals surface area (Å²) in [5.74, 6) is -0.425. The maximum atomic E-state index is 13.1. The third-order valence-corrected chi connectivity index (χ3v) is 6.83. The molecule has 1 aromatic heterocycles. The monoisotopic (exact) mass is 476 g/mol. The van der Waals surface area contributed by atoms with Gasteiger partial charge < -0.3 is 14.2 Å². The van der Waals surface area contributed by atoms with Crippen LogP contribution in [0.4, 0.5) is 5.69 Å². The third kappa shape index (κ3) is 4.62. The Morgan fingerprint density at radius 1 is 1.12 bits per heavy atom. The van der Waals surface area contributed by atoms with E-state index < -0.39 is 10.0 Å². The number of carbonyl (C=O) groups excluding carboxylic acids is 1. The van der Waals surface area contributed by atoms with E-state index in [1.807, 2.05) is 6.92 Å². The molecule has 3 aromatic rings. The molecular formula is C21H21ClN4O5S. The number of hydrogen-bond acceptors (Lipinski definition) is 7. The molecule has 0 spiro atoms. The van der Waals surface area contributed by atoms with Gasteiger partial charge in [-0.1, -0.05) is 35.0 Å². The van der Waals surface area contributed by atoms with Crippen LogP contribution in [-0.2, 0) is 14.8 Å². The second kappa shape index (κ2) is 8.89. The van der Waals surface area contributed by atoms with Gasteiger partial charge >= 0.3 is 11.8 Å². The summed E-state index contributed by atoms with van der Waals surface area (Å²) in [6.45, 7) is 5.32. The van der Waals surface area contributed by atoms with Gasteiger partial charge in [-0.15, -0.1) is 0 Å². The van der Waals surface area contributed by atoms with E-state index >= 15 is 0 Å². The van der Waals surface area contributed by atoms with Crippen LogP contribution >= 0.6 is 11.6 Å². The average molecular weight is 477 g/mol. The maximum absolute atomic E-state index is 13.1. The van der Waals surface area contributed by atoms with Gasteiger partial charge in [-0.2, -0.15) is 4.98 Å². The number of nitrogens with zero attached hydrogens (tertiary/aromatic N) is 3. The number of carbonyl (C=O) groups is 1. The molecule has 1 N–H and O–H groups in total. The summed E-state index contributed by atoms with van der Waals surface area (Å²) in [6.07, 6.45) is 0. The Hall–Kier alpha value is -2.95. The Labute approximate surface area is 190 Å². The molecule has 9 nitrogen and oxygen atoms in total. The molecule has 1 amide bonds. The lowest BCUT2D eigenvalue weighted by atomic mass is 10.1. The van der Waals surface area contributed by atoms with Crippen molar-refractivity contribution in [3.8, 4) is 11.4 Å². The summed E-state index contributed by atoms with van der Waals surface area (Å²) >= 11 is 6.18. The Balaban J connectivity index is 1.61. The van der Waals surface area contributed by atoms with E-state index in [-0.39, 0.29) is 28.2 Å². The van der Waals surface area contributed by atoms with E-state index in [4.69, 9.17) is 20.9 Å². The number of morpholine rings is 1. The second-order valence-corrected chi connectivity index (χ2v) is 9.45. The number of halogens is 1. The summed E-state index contributed by atoms with van der Waals surface area (Å²) in [5.41, 5.74) is 2.11. The van der Waals surface area contributed by atoms with Crippen molar-refractivity contribution in [1.29, 1.82) is 0 Å². The van der Waals surface area contributed by atoms with Gasteiger partial charge in [0.2, 0.25) is 5.82 Å². The van der Waals surface area contributed by atoms with Crippen LogP contribution in [0, 0.1) is 13.8 Å². The molecule has 4 rings (SSSR count). The molecule has 1 aliphatic heterocycles. The molecule has 0 aliphatic carbocycles. The first kappa shape index (κ1) is 22.3. The SMILES string of the molecule is Cc1ccc(NS(=O)(=O)c2cc(-c3noc(C(=O)N4CCOCC4)n3)ccc2C)c(Cl)c1. The molecule has 1 aliphatic rings. The Bertz CT molecular complexity index is 1270. The number of amides is 1. The number of anilines is 1. The molecule has 0 bridgehead atoms. The fourth-order valence-corrected chi connectivity index (χ4v) is 4.95. The van der Waals surface area contributed by atoms with Crippen molar-refractivity contribution < 1.29 is 22.5 Å². The number of aromatic nitrogens is 2. The summed E-state index contributed by atoms with van der Waals surface area (Å²) in [5, 5.41) is 4.16. The lowest BCUT2D eigenvalue weighted by molar-refractivity contribution is 0.0272. The number of nitrogens with one attached hydrogen (secondary N) is 1. The molecule has 0 atom stereocenters. The highest BCUT2D eigenvalue weighted by atomic mass is 35.5. The molecule has 2 heterocycles. The zero-order valence-corrected chi connectivity index (χ0v) is 19.0. The van der Waals surface area contributed by atoms with Crippen molar-refractivity contribution in [1.82, 2.24) is 15.0 Å². The first-order valence-corrected chi connectivity index (χ1v) is 11.7. The van der Waals surface area contributed by atoms with E-state index in [1.54, 1.807) is 42.2 Å². The highest BCUT2D eigenvalue weighted by molar-refractivity contribution is 7.92. The van der Waals surface area contributed by atoms with Crippen LogP contribution in [-0.4, -0.2) is 55.7 Å². The highest BCUT2D eigenvalue weighted by Crippen LogP contribution is 2.28. The normalized spacial score (nSPS) is 14.4. The predicted octanol–water partition coefficient (Wildman–Crippen LogP) is 3.28. The van der Waals surface area contributed by atoms with E-state index in [1.165, 1.54) is 6.07 Å². The fourth-order valence-electron chi connectivity index (χ4n) is 3.26. The fraction of sp³-hybridized carbons (Fsp3) is 0.286. The van der Waals surface area contributed by atoms with Gasteiger partial charge in [0.05, 0.1) is 28.8 Å². The zero-order valence-electron chi connectivity index (χ0n) is 17.5. The lowest BCUT2D eigenvalue weighted by Gasteiger charge is -2.25. The Kier molecular flexibility index (Phi) is 6.18. The number of aryl methyl sites for hydroxylation is 2. The zero-order chi connectivity index (χ0) is 22.9. The summed E-state index contributed by atoms with van der Waals surface area (Å²) in [6, 6.07) is 9.79. The third-order valence-electron chi connectivity index (χ3n) is 5.01. The molecule has 2 aromatic carbocycles. The first-order valence-electron chi connectivity index (χ1n) is 9.85. The smallest absolute Gasteiger partial charge is 0.316 e. The summed E-state index contributed by atoms with van der Waals surface area (Å²) in [4.78, 5) is 18.3. The van der Waals surface area contributed by atoms with Crippen LogP contribution in [0.25, 0.3) is 11.4 Å². The standard InChI is InChI=1S/C21H21ClN4O5S/c1-13-3-6-17(16(22)11-13)25-32(28,29)18-12-15(5-4-14(18)2)19-23-20(31-24-19)21(27)26-7-9-30-10-8-26/h3-6,11-12,25H,7-10H2,1-2H3. The number of ether oxygens (including phenoxy) is 1. The Morgan fingerprint density at radius 2 is 1.88 bits per heavy atom. The minimum absolute atomic E-state index is 0.0393. The van der Waals surface area contributed by atoms with Gasteiger partial charge in [0.25, 0.3) is 10.0 Å². The number of hydrogen-bond donors (Lipinski definition) is 1. The van der Waals surface area contributed by atoms with Crippen LogP contribution in [0.5, 0.6) is 0 Å². The van der Waals surface area contributed by atoms with Crippen molar-refractivity contribution >= 4 is 33.2 Å². The van der Waals surface area contributed by atoms with Crippen LogP contribution < -0.4 is 4.72 Å². The summed E-state index contributed by atoms with van der Waals surface area (Å²) < 4.78 is 39.0. The molecule has 1 saturated heterocycles. The van der Waals surface area contributed by atoms with Gasteiger partial charge in [0.1, 0.15) is 0 Å². The number of benzene rings is 2. The predicted molar refractivity (Wildman–Crippen MR) is 118 cm³/mol. The van der Waals surface area contributed by atoms with Gasteiger partial charge in [-0.05, 0) is 43.2 Å². The lowest BCUT2D eigenvalue weighted by Crippen LogP contribution is -2.40. The molecule has 0 unspecified atom stereocenters. The molecule has 11 heteroatoms. The molecular weight excluding hydrogens is 456 g/mol. The summed E-state index contributed by atoms with van der Waals surface area (Å²) in [7, 11) is -3.95.